The molecule has 0 aromatic heterocycles. The monoisotopic (exact) mass is 675 g/mol. The Morgan fingerprint density at radius 3 is 1.15 bits per heavy atom. The fourth-order valence-electron chi connectivity index (χ4n) is 9.46. The summed E-state index contributed by atoms with van der Waals surface area (Å²) in [5.41, 5.74) is 15.4. The van der Waals surface area contributed by atoms with Crippen molar-refractivity contribution in [3.8, 4) is 0 Å². The second-order valence-electron chi connectivity index (χ2n) is 17.4. The fourth-order valence-corrected chi connectivity index (χ4v) is 9.46. The lowest BCUT2D eigenvalue weighted by atomic mass is 9.63. The Balaban J connectivity index is 3.07. The van der Waals surface area contributed by atoms with E-state index in [1.54, 1.807) is 0 Å². The highest BCUT2D eigenvalue weighted by molar-refractivity contribution is 4.96. The van der Waals surface area contributed by atoms with Crippen molar-refractivity contribution in [3.63, 3.8) is 0 Å². The van der Waals surface area contributed by atoms with Gasteiger partial charge in [0.05, 0.1) is 0 Å². The number of hydrogen-bond acceptors (Lipinski definition) is 2. The van der Waals surface area contributed by atoms with Crippen molar-refractivity contribution in [3.05, 3.63) is 0 Å². The molecule has 4 N–H and O–H groups in total. The first-order valence-electron chi connectivity index (χ1n) is 23.0. The summed E-state index contributed by atoms with van der Waals surface area (Å²) >= 11 is 0. The molecule has 2 nitrogen and oxygen atoms in total. The molecule has 0 bridgehead atoms. The standard InChI is InChI=1S/C46H94N2/c1-5-9-13-16-19-22-25-32-37-45(38-33-26-23-20-17-14-10-6-2,41-44(47)43-35-29-28-30-36-43)42-46(48,39-31-12-8-4)40-34-27-24-21-18-15-11-7-3/h43-44H,5-42,47-48H2,1-4H3. The summed E-state index contributed by atoms with van der Waals surface area (Å²) in [6.07, 6.45) is 52.3. The van der Waals surface area contributed by atoms with Crippen LogP contribution in [0, 0.1) is 11.3 Å². The van der Waals surface area contributed by atoms with Gasteiger partial charge in [0.2, 0.25) is 0 Å². The summed E-state index contributed by atoms with van der Waals surface area (Å²) < 4.78 is 0. The average molecular weight is 675 g/mol. The van der Waals surface area contributed by atoms with Gasteiger partial charge < -0.3 is 11.5 Å². The average Bonchev–Trinajstić information content (AvgIpc) is 3.09. The minimum absolute atomic E-state index is 0.00995. The SMILES string of the molecule is CCCCCCCCCCC(N)(CCCCC)CC(CCCCCCCCCC)(CCCCCCCCCC)CC(N)C1CCCCC1. The van der Waals surface area contributed by atoms with Crippen LogP contribution < -0.4 is 11.5 Å². The maximum Gasteiger partial charge on any atom is 0.0159 e. The zero-order valence-corrected chi connectivity index (χ0v) is 34.2. The maximum atomic E-state index is 7.72. The van der Waals surface area contributed by atoms with Crippen LogP contribution in [0.3, 0.4) is 0 Å². The van der Waals surface area contributed by atoms with E-state index in [1.165, 1.54) is 244 Å². The summed E-state index contributed by atoms with van der Waals surface area (Å²) in [7, 11) is 0. The molecule has 1 aliphatic carbocycles. The summed E-state index contributed by atoms with van der Waals surface area (Å²) in [5.74, 6) is 0.746. The molecule has 0 amide bonds. The number of rotatable bonds is 36. The third kappa shape index (κ3) is 24.2. The Bertz CT molecular complexity index is 634. The Morgan fingerprint density at radius 2 is 0.750 bits per heavy atom. The van der Waals surface area contributed by atoms with E-state index in [0.717, 1.165) is 5.92 Å². The Kier molecular flexibility index (Phi) is 30.3. The largest absolute Gasteiger partial charge is 0.327 e. The van der Waals surface area contributed by atoms with Crippen molar-refractivity contribution in [2.75, 3.05) is 0 Å². The molecule has 0 aliphatic heterocycles. The third-order valence-electron chi connectivity index (χ3n) is 12.6. The van der Waals surface area contributed by atoms with Crippen LogP contribution in [-0.4, -0.2) is 11.6 Å². The van der Waals surface area contributed by atoms with E-state index in [9.17, 15) is 0 Å². The van der Waals surface area contributed by atoms with Crippen LogP contribution in [0.15, 0.2) is 0 Å². The molecule has 1 saturated carbocycles. The molecule has 2 atom stereocenters. The lowest BCUT2D eigenvalue weighted by Gasteiger charge is -2.45. The molecule has 2 heteroatoms. The van der Waals surface area contributed by atoms with Crippen LogP contribution >= 0.6 is 0 Å². The van der Waals surface area contributed by atoms with Crippen LogP contribution in [0.25, 0.3) is 0 Å². The lowest BCUT2D eigenvalue weighted by molar-refractivity contribution is 0.0984. The first kappa shape index (κ1) is 45.9. The van der Waals surface area contributed by atoms with Crippen molar-refractivity contribution in [2.24, 2.45) is 22.8 Å². The van der Waals surface area contributed by atoms with Crippen LogP contribution in [0.2, 0.25) is 0 Å². The maximum absolute atomic E-state index is 7.72. The second-order valence-corrected chi connectivity index (χ2v) is 17.4. The molecular formula is C46H94N2. The van der Waals surface area contributed by atoms with Crippen LogP contribution in [-0.2, 0) is 0 Å². The molecule has 0 saturated heterocycles. The first-order valence-corrected chi connectivity index (χ1v) is 23.0. The zero-order chi connectivity index (χ0) is 35.0. The molecule has 0 spiro atoms. The van der Waals surface area contributed by atoms with E-state index in [4.69, 9.17) is 11.5 Å². The van der Waals surface area contributed by atoms with E-state index in [-0.39, 0.29) is 5.54 Å². The summed E-state index contributed by atoms with van der Waals surface area (Å²) in [4.78, 5) is 0. The van der Waals surface area contributed by atoms with Crippen LogP contribution in [0.5, 0.6) is 0 Å². The van der Waals surface area contributed by atoms with Crippen molar-refractivity contribution in [1.29, 1.82) is 0 Å². The molecule has 1 rings (SSSR count). The highest BCUT2D eigenvalue weighted by atomic mass is 14.8. The number of nitrogens with two attached hydrogens (primary N) is 2. The van der Waals surface area contributed by atoms with Gasteiger partial charge in [-0.15, -0.1) is 0 Å². The van der Waals surface area contributed by atoms with E-state index >= 15 is 0 Å². The van der Waals surface area contributed by atoms with E-state index in [1.807, 2.05) is 0 Å². The predicted molar refractivity (Wildman–Crippen MR) is 219 cm³/mol. The van der Waals surface area contributed by atoms with E-state index in [2.05, 4.69) is 27.7 Å². The van der Waals surface area contributed by atoms with Gasteiger partial charge in [0.1, 0.15) is 0 Å². The highest BCUT2D eigenvalue weighted by Crippen LogP contribution is 2.46. The third-order valence-corrected chi connectivity index (χ3v) is 12.6. The minimum atomic E-state index is -0.00995. The van der Waals surface area contributed by atoms with Gasteiger partial charge in [-0.2, -0.15) is 0 Å². The minimum Gasteiger partial charge on any atom is -0.327 e. The number of hydrogen-bond donors (Lipinski definition) is 2. The van der Waals surface area contributed by atoms with Gasteiger partial charge >= 0.3 is 0 Å². The molecule has 0 radical (unpaired) electrons. The smallest absolute Gasteiger partial charge is 0.0159 e. The predicted octanol–water partition coefficient (Wildman–Crippen LogP) is 15.5. The molecule has 48 heavy (non-hydrogen) atoms. The van der Waals surface area contributed by atoms with E-state index in [0.29, 0.717) is 11.5 Å². The second kappa shape index (κ2) is 31.6. The first-order chi connectivity index (χ1) is 23.4. The Morgan fingerprint density at radius 1 is 0.438 bits per heavy atom. The Hall–Kier alpha value is -0.0800. The lowest BCUT2D eigenvalue weighted by Crippen LogP contribution is -2.48. The van der Waals surface area contributed by atoms with Crippen molar-refractivity contribution >= 4 is 0 Å². The molecule has 1 aliphatic rings. The van der Waals surface area contributed by atoms with Gasteiger partial charge in [-0.1, -0.05) is 220 Å². The van der Waals surface area contributed by atoms with Gasteiger partial charge in [0.15, 0.2) is 0 Å². The van der Waals surface area contributed by atoms with Gasteiger partial charge in [-0.25, -0.2) is 0 Å². The van der Waals surface area contributed by atoms with Gasteiger partial charge in [-0.05, 0) is 62.7 Å². The van der Waals surface area contributed by atoms with Gasteiger partial charge in [-0.3, -0.25) is 0 Å². The zero-order valence-electron chi connectivity index (χ0n) is 34.2. The van der Waals surface area contributed by atoms with Crippen molar-refractivity contribution in [2.45, 2.75) is 283 Å². The molecule has 0 heterocycles. The molecule has 2 unspecified atom stereocenters. The van der Waals surface area contributed by atoms with Crippen molar-refractivity contribution in [1.82, 2.24) is 0 Å². The topological polar surface area (TPSA) is 52.0 Å². The molecule has 1 fully saturated rings. The van der Waals surface area contributed by atoms with Gasteiger partial charge in [0, 0.05) is 11.6 Å². The van der Waals surface area contributed by atoms with E-state index < -0.39 is 0 Å². The summed E-state index contributed by atoms with van der Waals surface area (Å²) in [6, 6.07) is 0.372. The molecule has 0 aromatic rings. The number of unbranched alkanes of at least 4 members (excludes halogenated alkanes) is 23. The normalized spacial score (nSPS) is 16.4. The van der Waals surface area contributed by atoms with Crippen LogP contribution in [0.4, 0.5) is 0 Å². The fraction of sp³-hybridized carbons (Fsp3) is 1.00. The quantitative estimate of drug-likeness (QED) is 0.0650. The summed E-state index contributed by atoms with van der Waals surface area (Å²) in [6.45, 7) is 9.34. The summed E-state index contributed by atoms with van der Waals surface area (Å²) in [5, 5.41) is 0. The Labute approximate surface area is 305 Å². The van der Waals surface area contributed by atoms with Crippen molar-refractivity contribution < 1.29 is 0 Å². The molecule has 0 aromatic carbocycles. The molecular weight excluding hydrogens is 581 g/mol. The molecule has 288 valence electrons. The van der Waals surface area contributed by atoms with Gasteiger partial charge in [0.25, 0.3) is 0 Å². The van der Waals surface area contributed by atoms with Crippen LogP contribution in [0.1, 0.15) is 272 Å². The highest BCUT2D eigenvalue weighted by Gasteiger charge is 2.40.